The van der Waals surface area contributed by atoms with Gasteiger partial charge in [0.2, 0.25) is 0 Å². The van der Waals surface area contributed by atoms with Crippen molar-refractivity contribution >= 4 is 34.8 Å². The predicted octanol–water partition coefficient (Wildman–Crippen LogP) is 5.24. The van der Waals surface area contributed by atoms with Gasteiger partial charge in [-0.1, -0.05) is 29.8 Å². The van der Waals surface area contributed by atoms with Crippen molar-refractivity contribution in [2.45, 2.75) is 13.8 Å². The van der Waals surface area contributed by atoms with Gasteiger partial charge in [-0.3, -0.25) is 4.79 Å². The fourth-order valence-corrected chi connectivity index (χ4v) is 3.48. The Morgan fingerprint density at radius 3 is 2.52 bits per heavy atom. The number of amides is 1. The third-order valence-electron chi connectivity index (χ3n) is 4.57. The molecule has 2 heterocycles. The maximum absolute atomic E-state index is 12.3. The molecular formula is C21H17ClN2O. The number of rotatable bonds is 2. The highest BCUT2D eigenvalue weighted by atomic mass is 35.5. The van der Waals surface area contributed by atoms with Crippen LogP contribution in [0.15, 0.2) is 54.6 Å². The van der Waals surface area contributed by atoms with Crippen LogP contribution >= 0.6 is 11.6 Å². The van der Waals surface area contributed by atoms with Crippen molar-refractivity contribution in [3.05, 3.63) is 82.1 Å². The van der Waals surface area contributed by atoms with Crippen molar-refractivity contribution in [2.24, 2.45) is 0 Å². The molecule has 1 aromatic heterocycles. The number of aromatic nitrogens is 1. The largest absolute Gasteiger partial charge is 0.321 e. The maximum atomic E-state index is 12.3. The zero-order valence-corrected chi connectivity index (χ0v) is 14.8. The van der Waals surface area contributed by atoms with Crippen LogP contribution in [0.4, 0.5) is 5.69 Å². The van der Waals surface area contributed by atoms with Crippen LogP contribution in [0.25, 0.3) is 17.3 Å². The molecule has 3 nitrogen and oxygen atoms in total. The molecule has 1 aliphatic heterocycles. The van der Waals surface area contributed by atoms with E-state index in [0.29, 0.717) is 10.6 Å². The molecule has 4 rings (SSSR count). The van der Waals surface area contributed by atoms with Crippen LogP contribution in [0.2, 0.25) is 5.02 Å². The van der Waals surface area contributed by atoms with Crippen molar-refractivity contribution in [2.75, 3.05) is 5.32 Å². The second-order valence-electron chi connectivity index (χ2n) is 6.20. The zero-order chi connectivity index (χ0) is 17.6. The van der Waals surface area contributed by atoms with Crippen LogP contribution in [-0.4, -0.2) is 10.5 Å². The van der Waals surface area contributed by atoms with Gasteiger partial charge >= 0.3 is 0 Å². The minimum atomic E-state index is -0.0579. The van der Waals surface area contributed by atoms with E-state index in [-0.39, 0.29) is 5.91 Å². The molecule has 0 spiro atoms. The summed E-state index contributed by atoms with van der Waals surface area (Å²) >= 11 is 6.00. The Morgan fingerprint density at radius 2 is 1.76 bits per heavy atom. The maximum Gasteiger partial charge on any atom is 0.256 e. The normalized spacial score (nSPS) is 14.7. The topological polar surface area (TPSA) is 34.0 Å². The highest BCUT2D eigenvalue weighted by molar-refractivity contribution is 6.35. The van der Waals surface area contributed by atoms with Crippen LogP contribution in [-0.2, 0) is 4.79 Å². The molecule has 0 unspecified atom stereocenters. The summed E-state index contributed by atoms with van der Waals surface area (Å²) in [5, 5.41) is 3.63. The van der Waals surface area contributed by atoms with Crippen molar-refractivity contribution in [1.29, 1.82) is 0 Å². The van der Waals surface area contributed by atoms with Crippen LogP contribution in [0.3, 0.4) is 0 Å². The number of anilines is 1. The summed E-state index contributed by atoms with van der Waals surface area (Å²) in [5.41, 5.74) is 6.80. The lowest BCUT2D eigenvalue weighted by molar-refractivity contribution is -0.110. The van der Waals surface area contributed by atoms with E-state index < -0.39 is 0 Å². The van der Waals surface area contributed by atoms with Gasteiger partial charge in [0.1, 0.15) is 0 Å². The second-order valence-corrected chi connectivity index (χ2v) is 6.63. The average molecular weight is 349 g/mol. The highest BCUT2D eigenvalue weighted by Crippen LogP contribution is 2.34. The number of hydrogen-bond acceptors (Lipinski definition) is 1. The number of carbonyl (C=O) groups is 1. The first-order chi connectivity index (χ1) is 12.0. The van der Waals surface area contributed by atoms with Crippen molar-refractivity contribution < 1.29 is 4.79 Å². The average Bonchev–Trinajstić information content (AvgIpc) is 3.06. The molecule has 25 heavy (non-hydrogen) atoms. The number of hydrogen-bond donors (Lipinski definition) is 1. The van der Waals surface area contributed by atoms with Gasteiger partial charge in [0, 0.05) is 38.9 Å². The van der Waals surface area contributed by atoms with Gasteiger partial charge in [-0.25, -0.2) is 0 Å². The predicted molar refractivity (Wildman–Crippen MR) is 103 cm³/mol. The Balaban J connectivity index is 1.82. The van der Waals surface area contributed by atoms with E-state index >= 15 is 0 Å². The number of halogens is 1. The standard InChI is InChI=1S/C21H17ClN2O/c1-13-11-15(14(2)24(13)17-9-7-16(22)8-10-17)12-19-18-5-3-4-6-20(18)23-21(19)25/h3-12H,1-2H3,(H,23,25)/b19-12-. The van der Waals surface area contributed by atoms with Crippen molar-refractivity contribution in [3.8, 4) is 5.69 Å². The first-order valence-corrected chi connectivity index (χ1v) is 8.50. The number of para-hydroxylation sites is 1. The fraction of sp³-hybridized carbons (Fsp3) is 0.0952. The zero-order valence-electron chi connectivity index (χ0n) is 14.0. The smallest absolute Gasteiger partial charge is 0.256 e. The molecule has 3 aromatic rings. The summed E-state index contributed by atoms with van der Waals surface area (Å²) < 4.78 is 2.17. The third-order valence-corrected chi connectivity index (χ3v) is 4.82. The van der Waals surface area contributed by atoms with E-state index in [4.69, 9.17) is 11.6 Å². The molecule has 0 saturated heterocycles. The van der Waals surface area contributed by atoms with Crippen LogP contribution in [0, 0.1) is 13.8 Å². The Hall–Kier alpha value is -2.78. The van der Waals surface area contributed by atoms with Crippen molar-refractivity contribution in [3.63, 3.8) is 0 Å². The van der Waals surface area contributed by atoms with Crippen LogP contribution in [0.5, 0.6) is 0 Å². The summed E-state index contributed by atoms with van der Waals surface area (Å²) in [5.74, 6) is -0.0579. The van der Waals surface area contributed by atoms with Gasteiger partial charge in [0.25, 0.3) is 5.91 Å². The van der Waals surface area contributed by atoms with Crippen molar-refractivity contribution in [1.82, 2.24) is 4.57 Å². The van der Waals surface area contributed by atoms with E-state index in [9.17, 15) is 4.79 Å². The number of fused-ring (bicyclic) bond motifs is 1. The van der Waals surface area contributed by atoms with Gasteiger partial charge in [-0.15, -0.1) is 0 Å². The van der Waals surface area contributed by atoms with Gasteiger partial charge in [-0.05, 0) is 61.9 Å². The number of benzene rings is 2. The molecule has 0 aliphatic carbocycles. The van der Waals surface area contributed by atoms with E-state index in [2.05, 4.69) is 29.8 Å². The number of nitrogens with zero attached hydrogens (tertiary/aromatic N) is 1. The van der Waals surface area contributed by atoms with E-state index in [1.807, 2.05) is 54.6 Å². The van der Waals surface area contributed by atoms with Gasteiger partial charge < -0.3 is 9.88 Å². The molecule has 4 heteroatoms. The molecule has 0 radical (unpaired) electrons. The summed E-state index contributed by atoms with van der Waals surface area (Å²) in [6.07, 6.45) is 1.97. The Morgan fingerprint density at radius 1 is 1.04 bits per heavy atom. The van der Waals surface area contributed by atoms with Gasteiger partial charge in [-0.2, -0.15) is 0 Å². The monoisotopic (exact) mass is 348 g/mol. The quantitative estimate of drug-likeness (QED) is 0.631. The van der Waals surface area contributed by atoms with Crippen LogP contribution < -0.4 is 5.32 Å². The van der Waals surface area contributed by atoms with Gasteiger partial charge in [0.15, 0.2) is 0 Å². The molecule has 124 valence electrons. The number of carbonyl (C=O) groups excluding carboxylic acids is 1. The van der Waals surface area contributed by atoms with Crippen LogP contribution in [0.1, 0.15) is 22.5 Å². The van der Waals surface area contributed by atoms with Gasteiger partial charge in [0.05, 0.1) is 0 Å². The minimum absolute atomic E-state index is 0.0579. The first-order valence-electron chi connectivity index (χ1n) is 8.12. The molecule has 0 fully saturated rings. The second kappa shape index (κ2) is 5.94. The molecule has 1 aliphatic rings. The summed E-state index contributed by atoms with van der Waals surface area (Å²) in [4.78, 5) is 12.3. The van der Waals surface area contributed by atoms with E-state index in [0.717, 1.165) is 33.9 Å². The Bertz CT molecular complexity index is 1010. The number of aryl methyl sites for hydroxylation is 1. The van der Waals surface area contributed by atoms with E-state index in [1.54, 1.807) is 0 Å². The number of nitrogens with one attached hydrogen (secondary N) is 1. The molecule has 1 N–H and O–H groups in total. The Labute approximate surface area is 151 Å². The summed E-state index contributed by atoms with van der Waals surface area (Å²) in [6.45, 7) is 4.12. The first kappa shape index (κ1) is 15.7. The highest BCUT2D eigenvalue weighted by Gasteiger charge is 2.24. The SMILES string of the molecule is Cc1cc(/C=C2\C(=O)Nc3ccccc32)c(C)n1-c1ccc(Cl)cc1. The lowest BCUT2D eigenvalue weighted by Gasteiger charge is -2.09. The molecule has 2 aromatic carbocycles. The lowest BCUT2D eigenvalue weighted by atomic mass is 10.0. The molecule has 0 atom stereocenters. The Kier molecular flexibility index (Phi) is 3.74. The molecule has 1 amide bonds. The minimum Gasteiger partial charge on any atom is -0.321 e. The summed E-state index contributed by atoms with van der Waals surface area (Å²) in [7, 11) is 0. The fourth-order valence-electron chi connectivity index (χ4n) is 3.36. The molecular weight excluding hydrogens is 332 g/mol. The van der Waals surface area contributed by atoms with E-state index in [1.165, 1.54) is 0 Å². The summed E-state index contributed by atoms with van der Waals surface area (Å²) in [6, 6.07) is 17.6. The lowest BCUT2D eigenvalue weighted by Crippen LogP contribution is -2.03. The third kappa shape index (κ3) is 2.67. The molecule has 0 saturated carbocycles. The molecule has 0 bridgehead atoms.